The fraction of sp³-hybridized carbons (Fsp3) is 0.200. The Morgan fingerprint density at radius 3 is 2.81 bits per heavy atom. The number of carbonyl (C=O) groups is 1. The first kappa shape index (κ1) is 10.3. The lowest BCUT2D eigenvalue weighted by atomic mass is 10.2. The molecule has 2 heterocycles. The molecular formula is C10H9N3O3. The SMILES string of the molecule is O=C(O)CCc1nc(-c2ccncc2)no1. The highest BCUT2D eigenvalue weighted by Crippen LogP contribution is 2.14. The zero-order chi connectivity index (χ0) is 11.4. The summed E-state index contributed by atoms with van der Waals surface area (Å²) in [6.45, 7) is 0. The molecule has 0 aromatic carbocycles. The van der Waals surface area contributed by atoms with Gasteiger partial charge < -0.3 is 9.63 Å². The number of rotatable bonds is 4. The minimum absolute atomic E-state index is 0.0159. The van der Waals surface area contributed by atoms with E-state index in [1.54, 1.807) is 24.5 Å². The van der Waals surface area contributed by atoms with Crippen molar-refractivity contribution in [2.75, 3.05) is 0 Å². The number of carboxylic acid groups (broad SMARTS) is 1. The van der Waals surface area contributed by atoms with Crippen LogP contribution in [-0.4, -0.2) is 26.2 Å². The molecule has 6 nitrogen and oxygen atoms in total. The van der Waals surface area contributed by atoms with Crippen molar-refractivity contribution in [1.82, 2.24) is 15.1 Å². The molecule has 16 heavy (non-hydrogen) atoms. The van der Waals surface area contributed by atoms with E-state index in [1.807, 2.05) is 0 Å². The molecule has 2 aromatic heterocycles. The van der Waals surface area contributed by atoms with Crippen LogP contribution in [0.2, 0.25) is 0 Å². The Balaban J connectivity index is 2.11. The summed E-state index contributed by atoms with van der Waals surface area (Å²) in [5.41, 5.74) is 0.792. The normalized spacial score (nSPS) is 10.2. The Morgan fingerprint density at radius 1 is 1.38 bits per heavy atom. The predicted octanol–water partition coefficient (Wildman–Crippen LogP) is 1.15. The maximum Gasteiger partial charge on any atom is 0.303 e. The quantitative estimate of drug-likeness (QED) is 0.829. The Labute approximate surface area is 90.9 Å². The van der Waals surface area contributed by atoms with Crippen LogP contribution in [0, 0.1) is 0 Å². The number of pyridine rings is 1. The van der Waals surface area contributed by atoms with E-state index in [1.165, 1.54) is 0 Å². The van der Waals surface area contributed by atoms with Gasteiger partial charge in [0.2, 0.25) is 11.7 Å². The third-order valence-corrected chi connectivity index (χ3v) is 1.96. The highest BCUT2D eigenvalue weighted by atomic mass is 16.5. The number of aromatic nitrogens is 3. The van der Waals surface area contributed by atoms with Gasteiger partial charge in [-0.1, -0.05) is 5.16 Å². The second kappa shape index (κ2) is 4.52. The zero-order valence-electron chi connectivity index (χ0n) is 8.33. The summed E-state index contributed by atoms with van der Waals surface area (Å²) in [6, 6.07) is 3.51. The van der Waals surface area contributed by atoms with Crippen LogP contribution in [0.3, 0.4) is 0 Å². The number of hydrogen-bond acceptors (Lipinski definition) is 5. The minimum atomic E-state index is -0.885. The first-order chi connectivity index (χ1) is 7.75. The van der Waals surface area contributed by atoms with Gasteiger partial charge in [0.1, 0.15) is 0 Å². The molecule has 0 unspecified atom stereocenters. The number of hydrogen-bond donors (Lipinski definition) is 1. The largest absolute Gasteiger partial charge is 0.481 e. The molecule has 82 valence electrons. The minimum Gasteiger partial charge on any atom is -0.481 e. The maximum absolute atomic E-state index is 10.4. The molecular weight excluding hydrogens is 210 g/mol. The molecule has 0 aliphatic carbocycles. The topological polar surface area (TPSA) is 89.1 Å². The molecule has 2 rings (SSSR count). The van der Waals surface area contributed by atoms with E-state index in [2.05, 4.69) is 15.1 Å². The van der Waals surface area contributed by atoms with Crippen LogP contribution in [0.25, 0.3) is 11.4 Å². The molecule has 0 radical (unpaired) electrons. The van der Waals surface area contributed by atoms with Crippen molar-refractivity contribution in [2.24, 2.45) is 0 Å². The molecule has 0 aliphatic rings. The second-order valence-corrected chi connectivity index (χ2v) is 3.14. The van der Waals surface area contributed by atoms with Crippen molar-refractivity contribution in [3.8, 4) is 11.4 Å². The highest BCUT2D eigenvalue weighted by Gasteiger charge is 2.09. The molecule has 6 heteroatoms. The Bertz CT molecular complexity index is 481. The van der Waals surface area contributed by atoms with E-state index in [4.69, 9.17) is 9.63 Å². The van der Waals surface area contributed by atoms with Crippen LogP contribution in [0.15, 0.2) is 29.0 Å². The van der Waals surface area contributed by atoms with Crippen molar-refractivity contribution in [1.29, 1.82) is 0 Å². The molecule has 1 N–H and O–H groups in total. The summed E-state index contributed by atoms with van der Waals surface area (Å²) in [5.74, 6) is -0.110. The lowest BCUT2D eigenvalue weighted by Gasteiger charge is -1.90. The van der Waals surface area contributed by atoms with Crippen molar-refractivity contribution < 1.29 is 14.4 Å². The van der Waals surface area contributed by atoms with Gasteiger partial charge in [-0.2, -0.15) is 4.98 Å². The van der Waals surface area contributed by atoms with Gasteiger partial charge in [-0.15, -0.1) is 0 Å². The van der Waals surface area contributed by atoms with Crippen LogP contribution in [-0.2, 0) is 11.2 Å². The van der Waals surface area contributed by atoms with Gasteiger partial charge in [0.15, 0.2) is 0 Å². The first-order valence-electron chi connectivity index (χ1n) is 4.70. The van der Waals surface area contributed by atoms with Crippen molar-refractivity contribution >= 4 is 5.97 Å². The average Bonchev–Trinajstić information content (AvgIpc) is 2.76. The van der Waals surface area contributed by atoms with Crippen LogP contribution in [0.1, 0.15) is 12.3 Å². The Morgan fingerprint density at radius 2 is 2.12 bits per heavy atom. The summed E-state index contributed by atoms with van der Waals surface area (Å²) in [4.78, 5) is 18.3. The van der Waals surface area contributed by atoms with Gasteiger partial charge in [-0.3, -0.25) is 9.78 Å². The van der Waals surface area contributed by atoms with Gasteiger partial charge in [0.05, 0.1) is 6.42 Å². The smallest absolute Gasteiger partial charge is 0.303 e. The number of aliphatic carboxylic acids is 1. The molecule has 0 saturated heterocycles. The molecule has 2 aromatic rings. The molecule has 0 aliphatic heterocycles. The van der Waals surface area contributed by atoms with E-state index < -0.39 is 5.97 Å². The average molecular weight is 219 g/mol. The second-order valence-electron chi connectivity index (χ2n) is 3.14. The van der Waals surface area contributed by atoms with Crippen LogP contribution in [0.4, 0.5) is 0 Å². The molecule has 0 spiro atoms. The third kappa shape index (κ3) is 2.41. The molecule has 0 fully saturated rings. The fourth-order valence-electron chi connectivity index (χ4n) is 1.19. The van der Waals surface area contributed by atoms with Crippen molar-refractivity contribution in [3.63, 3.8) is 0 Å². The third-order valence-electron chi connectivity index (χ3n) is 1.96. The van der Waals surface area contributed by atoms with E-state index in [0.717, 1.165) is 5.56 Å². The van der Waals surface area contributed by atoms with Crippen molar-refractivity contribution in [3.05, 3.63) is 30.4 Å². The van der Waals surface area contributed by atoms with E-state index >= 15 is 0 Å². The maximum atomic E-state index is 10.4. The standard InChI is InChI=1S/C10H9N3O3/c14-9(15)2-1-8-12-10(13-16-8)7-3-5-11-6-4-7/h3-6H,1-2H2,(H,14,15). The van der Waals surface area contributed by atoms with E-state index in [9.17, 15) is 4.79 Å². The van der Waals surface area contributed by atoms with Gasteiger partial charge in [-0.25, -0.2) is 0 Å². The van der Waals surface area contributed by atoms with Crippen LogP contribution in [0.5, 0.6) is 0 Å². The number of aryl methyl sites for hydroxylation is 1. The number of nitrogens with zero attached hydrogens (tertiary/aromatic N) is 3. The molecule has 0 amide bonds. The predicted molar refractivity (Wildman–Crippen MR) is 53.5 cm³/mol. The van der Waals surface area contributed by atoms with Crippen molar-refractivity contribution in [2.45, 2.75) is 12.8 Å². The van der Waals surface area contributed by atoms with Gasteiger partial charge in [-0.05, 0) is 12.1 Å². The van der Waals surface area contributed by atoms with Crippen LogP contribution < -0.4 is 0 Å². The van der Waals surface area contributed by atoms with Gasteiger partial charge >= 0.3 is 5.97 Å². The zero-order valence-corrected chi connectivity index (χ0v) is 8.33. The first-order valence-corrected chi connectivity index (χ1v) is 4.70. The van der Waals surface area contributed by atoms with Gasteiger partial charge in [0.25, 0.3) is 0 Å². The molecule has 0 saturated carbocycles. The van der Waals surface area contributed by atoms with E-state index in [-0.39, 0.29) is 12.8 Å². The number of carboxylic acids is 1. The molecule has 0 bridgehead atoms. The monoisotopic (exact) mass is 219 g/mol. The lowest BCUT2D eigenvalue weighted by Crippen LogP contribution is -1.97. The highest BCUT2D eigenvalue weighted by molar-refractivity contribution is 5.66. The van der Waals surface area contributed by atoms with Crippen LogP contribution >= 0.6 is 0 Å². The summed E-state index contributed by atoms with van der Waals surface area (Å²) < 4.78 is 4.92. The fourth-order valence-corrected chi connectivity index (χ4v) is 1.19. The summed E-state index contributed by atoms with van der Waals surface area (Å²) in [5, 5.41) is 12.3. The van der Waals surface area contributed by atoms with E-state index in [0.29, 0.717) is 11.7 Å². The van der Waals surface area contributed by atoms with Gasteiger partial charge in [0, 0.05) is 24.4 Å². The Kier molecular flexibility index (Phi) is 2.90. The molecule has 0 atom stereocenters. The summed E-state index contributed by atoms with van der Waals surface area (Å²) in [7, 11) is 0. The summed E-state index contributed by atoms with van der Waals surface area (Å²) >= 11 is 0. The Hall–Kier alpha value is -2.24. The summed E-state index contributed by atoms with van der Waals surface area (Å²) in [6.07, 6.45) is 3.48. The lowest BCUT2D eigenvalue weighted by molar-refractivity contribution is -0.137.